The zero-order chi connectivity index (χ0) is 25.7. The molecule has 0 radical (unpaired) electrons. The Morgan fingerprint density at radius 2 is 1.94 bits per heavy atom. The Balaban J connectivity index is 1.70. The molecule has 35 heavy (non-hydrogen) atoms. The van der Waals surface area contributed by atoms with Gasteiger partial charge in [-0.05, 0) is 49.7 Å². The number of benzene rings is 1. The van der Waals surface area contributed by atoms with Crippen LogP contribution in [0.25, 0.3) is 0 Å². The second-order valence-corrected chi connectivity index (χ2v) is 10.2. The molecule has 1 amide bonds. The van der Waals surface area contributed by atoms with Gasteiger partial charge in [0.2, 0.25) is 0 Å². The summed E-state index contributed by atoms with van der Waals surface area (Å²) in [6, 6.07) is 9.18. The maximum Gasteiger partial charge on any atom is 0.411 e. The zero-order valence-corrected chi connectivity index (χ0v) is 21.5. The summed E-state index contributed by atoms with van der Waals surface area (Å²) >= 11 is 0. The van der Waals surface area contributed by atoms with Crippen molar-refractivity contribution in [2.75, 3.05) is 11.9 Å². The fourth-order valence-electron chi connectivity index (χ4n) is 4.37. The Hall–Kier alpha value is -2.44. The molecule has 194 valence electrons. The molecule has 0 heterocycles. The van der Waals surface area contributed by atoms with Gasteiger partial charge in [-0.2, -0.15) is 0 Å². The van der Waals surface area contributed by atoms with Gasteiger partial charge in [0, 0.05) is 23.9 Å². The predicted octanol–water partition coefficient (Wildman–Crippen LogP) is 6.05. The summed E-state index contributed by atoms with van der Waals surface area (Å²) in [5.74, 6) is -0.442. The molecule has 3 N–H and O–H groups in total. The molecule has 1 aliphatic carbocycles. The van der Waals surface area contributed by atoms with Crippen LogP contribution in [0.1, 0.15) is 72.1 Å². The van der Waals surface area contributed by atoms with Crippen molar-refractivity contribution in [2.24, 2.45) is 17.3 Å². The van der Waals surface area contributed by atoms with E-state index in [0.717, 1.165) is 38.5 Å². The molecule has 0 aromatic heterocycles. The summed E-state index contributed by atoms with van der Waals surface area (Å²) in [7, 11) is 0. The van der Waals surface area contributed by atoms with Crippen molar-refractivity contribution in [1.82, 2.24) is 0 Å². The first-order valence-electron chi connectivity index (χ1n) is 13.0. The highest BCUT2D eigenvalue weighted by molar-refractivity contribution is 5.85. The highest BCUT2D eigenvalue weighted by Crippen LogP contribution is 2.35. The van der Waals surface area contributed by atoms with Crippen LogP contribution in [0.4, 0.5) is 10.5 Å². The average Bonchev–Trinajstić information content (AvgIpc) is 3.10. The maximum atomic E-state index is 12.4. The number of unbranched alkanes of at least 4 members (excludes halogenated alkanes) is 3. The molecule has 6 nitrogen and oxygen atoms in total. The van der Waals surface area contributed by atoms with Crippen molar-refractivity contribution in [3.8, 4) is 0 Å². The van der Waals surface area contributed by atoms with Gasteiger partial charge in [0.1, 0.15) is 5.78 Å². The number of amides is 1. The van der Waals surface area contributed by atoms with Crippen LogP contribution >= 0.6 is 0 Å². The number of rotatable bonds is 14. The van der Waals surface area contributed by atoms with Crippen molar-refractivity contribution in [2.45, 2.75) is 84.3 Å². The van der Waals surface area contributed by atoms with Crippen LogP contribution < -0.4 is 5.32 Å². The second kappa shape index (κ2) is 14.8. The van der Waals surface area contributed by atoms with Crippen LogP contribution in [-0.4, -0.2) is 40.9 Å². The molecule has 4 atom stereocenters. The minimum absolute atomic E-state index is 0.0781. The summed E-state index contributed by atoms with van der Waals surface area (Å²) in [5, 5.41) is 23.7. The monoisotopic (exact) mass is 485 g/mol. The number of ether oxygens (including phenoxy) is 1. The highest BCUT2D eigenvalue weighted by Gasteiger charge is 2.39. The molecule has 2 rings (SSSR count). The summed E-state index contributed by atoms with van der Waals surface area (Å²) in [4.78, 5) is 24.2. The van der Waals surface area contributed by atoms with E-state index in [1.807, 2.05) is 36.4 Å². The number of carbonyl (C=O) groups is 2. The Labute approximate surface area is 210 Å². The third-order valence-electron chi connectivity index (χ3n) is 6.80. The van der Waals surface area contributed by atoms with E-state index in [4.69, 9.17) is 4.74 Å². The zero-order valence-electron chi connectivity index (χ0n) is 21.5. The van der Waals surface area contributed by atoms with E-state index in [1.165, 1.54) is 0 Å². The number of nitrogens with one attached hydrogen (secondary N) is 1. The lowest BCUT2D eigenvalue weighted by molar-refractivity contribution is -0.121. The summed E-state index contributed by atoms with van der Waals surface area (Å²) < 4.78 is 5.19. The molecule has 0 unspecified atom stereocenters. The van der Waals surface area contributed by atoms with E-state index in [0.29, 0.717) is 18.7 Å². The quantitative estimate of drug-likeness (QED) is 0.220. The number of hydrogen-bond acceptors (Lipinski definition) is 5. The van der Waals surface area contributed by atoms with Crippen LogP contribution in [0.5, 0.6) is 0 Å². The van der Waals surface area contributed by atoms with Crippen LogP contribution in [0, 0.1) is 17.3 Å². The standard InChI is InChI=1S/C29H43NO5/c1-4-5-19-29(2,3)27(33)18-17-24-23(25(31)21-26(24)32)16-12-7-6-8-13-20-35-28(34)30-22-14-10-9-11-15-22/h7,9-12,14-15,17-18,23-24,26-27,32-33H,4-6,8,13,16,19-21H2,1-3H3,(H,30,34)/t23-,24-,26-,27-/m1/s1. The number of hydrogen-bond donors (Lipinski definition) is 3. The van der Waals surface area contributed by atoms with Gasteiger partial charge in [0.05, 0.1) is 18.8 Å². The topological polar surface area (TPSA) is 95.9 Å². The number of aliphatic hydroxyl groups excluding tert-OH is 2. The van der Waals surface area contributed by atoms with Gasteiger partial charge in [0.25, 0.3) is 0 Å². The second-order valence-electron chi connectivity index (χ2n) is 10.2. The van der Waals surface area contributed by atoms with E-state index in [1.54, 1.807) is 18.2 Å². The molecule has 1 aliphatic rings. The largest absolute Gasteiger partial charge is 0.449 e. The molecule has 0 saturated heterocycles. The third kappa shape index (κ3) is 9.98. The van der Waals surface area contributed by atoms with Crippen LogP contribution in [0.2, 0.25) is 0 Å². The predicted molar refractivity (Wildman–Crippen MR) is 140 cm³/mol. The summed E-state index contributed by atoms with van der Waals surface area (Å²) in [6.07, 6.45) is 12.2. The number of carbonyl (C=O) groups excluding carboxylic acids is 2. The molecule has 1 aromatic rings. The number of aliphatic hydroxyl groups is 2. The molecule has 1 saturated carbocycles. The van der Waals surface area contributed by atoms with E-state index in [9.17, 15) is 19.8 Å². The summed E-state index contributed by atoms with van der Waals surface area (Å²) in [5.41, 5.74) is 0.469. The fraction of sp³-hybridized carbons (Fsp3) is 0.586. The molecule has 0 aliphatic heterocycles. The lowest BCUT2D eigenvalue weighted by Gasteiger charge is -2.29. The van der Waals surface area contributed by atoms with E-state index >= 15 is 0 Å². The van der Waals surface area contributed by atoms with Gasteiger partial charge in [0.15, 0.2) is 0 Å². The normalized spacial score (nSPS) is 21.6. The Kier molecular flexibility index (Phi) is 12.2. The lowest BCUT2D eigenvalue weighted by atomic mass is 9.80. The maximum absolute atomic E-state index is 12.4. The van der Waals surface area contributed by atoms with Gasteiger partial charge in [-0.3, -0.25) is 10.1 Å². The first-order valence-corrected chi connectivity index (χ1v) is 13.0. The van der Waals surface area contributed by atoms with Gasteiger partial charge in [-0.1, -0.05) is 76.1 Å². The van der Waals surface area contributed by atoms with Gasteiger partial charge < -0.3 is 14.9 Å². The van der Waals surface area contributed by atoms with E-state index < -0.39 is 18.3 Å². The molecule has 0 bridgehead atoms. The molecule has 0 spiro atoms. The third-order valence-corrected chi connectivity index (χ3v) is 6.80. The first kappa shape index (κ1) is 28.8. The molecular formula is C29H43NO5. The van der Waals surface area contributed by atoms with Crippen LogP contribution in [-0.2, 0) is 9.53 Å². The number of allylic oxidation sites excluding steroid dienone is 2. The van der Waals surface area contributed by atoms with E-state index in [-0.39, 0.29) is 29.5 Å². The molecule has 6 heteroatoms. The van der Waals surface area contributed by atoms with Crippen molar-refractivity contribution in [3.05, 3.63) is 54.6 Å². The molecule has 1 fully saturated rings. The first-order chi connectivity index (χ1) is 16.7. The number of Topliss-reactive ketones (excluding diaryl/α,β-unsaturated/α-hetero) is 1. The average molecular weight is 486 g/mol. The SMILES string of the molecule is CCCCC(C)(C)[C@H](O)C=C[C@H]1[C@H](O)CC(=O)[C@@H]1CC=CCCCCOC(=O)Nc1ccccc1. The fourth-order valence-corrected chi connectivity index (χ4v) is 4.37. The minimum Gasteiger partial charge on any atom is -0.449 e. The van der Waals surface area contributed by atoms with Crippen molar-refractivity contribution in [3.63, 3.8) is 0 Å². The number of anilines is 1. The minimum atomic E-state index is -0.692. The van der Waals surface area contributed by atoms with Gasteiger partial charge in [-0.15, -0.1) is 0 Å². The van der Waals surface area contributed by atoms with Crippen molar-refractivity contribution >= 4 is 17.6 Å². The Morgan fingerprint density at radius 3 is 2.66 bits per heavy atom. The van der Waals surface area contributed by atoms with Gasteiger partial charge >= 0.3 is 6.09 Å². The summed E-state index contributed by atoms with van der Waals surface area (Å²) in [6.45, 7) is 6.59. The van der Waals surface area contributed by atoms with E-state index in [2.05, 4.69) is 26.1 Å². The van der Waals surface area contributed by atoms with Crippen LogP contribution in [0.3, 0.4) is 0 Å². The van der Waals surface area contributed by atoms with Crippen molar-refractivity contribution in [1.29, 1.82) is 0 Å². The van der Waals surface area contributed by atoms with Crippen LogP contribution in [0.15, 0.2) is 54.6 Å². The highest BCUT2D eigenvalue weighted by atomic mass is 16.5. The Morgan fingerprint density at radius 1 is 1.20 bits per heavy atom. The number of ketones is 1. The lowest BCUT2D eigenvalue weighted by Crippen LogP contribution is -2.28. The Bertz CT molecular complexity index is 833. The van der Waals surface area contributed by atoms with Crippen molar-refractivity contribution < 1.29 is 24.5 Å². The number of para-hydroxylation sites is 1. The molecular weight excluding hydrogens is 442 g/mol. The molecule has 1 aromatic carbocycles. The smallest absolute Gasteiger partial charge is 0.411 e. The van der Waals surface area contributed by atoms with Gasteiger partial charge in [-0.25, -0.2) is 4.79 Å².